The fraction of sp³-hybridized carbons (Fsp3) is 0.412. The van der Waals surface area contributed by atoms with Crippen molar-refractivity contribution in [2.45, 2.75) is 19.9 Å². The Balaban J connectivity index is 1.55. The molecule has 1 aliphatic heterocycles. The lowest BCUT2D eigenvalue weighted by Gasteiger charge is -2.37. The number of nitrogens with one attached hydrogen (secondary N) is 1. The van der Waals surface area contributed by atoms with E-state index in [4.69, 9.17) is 0 Å². The fourth-order valence-electron chi connectivity index (χ4n) is 2.76. The van der Waals surface area contributed by atoms with Gasteiger partial charge in [-0.3, -0.25) is 9.69 Å². The van der Waals surface area contributed by atoms with Crippen LogP contribution in [0.1, 0.15) is 12.5 Å². The molecule has 1 amide bonds. The molecular weight excluding hydrogens is 327 g/mol. The van der Waals surface area contributed by atoms with Crippen LogP contribution in [0.2, 0.25) is 0 Å². The Kier molecular flexibility index (Phi) is 5.11. The number of aryl methyl sites for hydroxylation is 1. The number of amides is 1. The monoisotopic (exact) mass is 348 g/mol. The lowest BCUT2D eigenvalue weighted by atomic mass is 10.2. The normalized spacial score (nSPS) is 16.9. The Morgan fingerprint density at radius 3 is 2.71 bits per heavy atom. The molecule has 0 spiro atoms. The van der Waals surface area contributed by atoms with E-state index in [0.717, 1.165) is 31.3 Å². The summed E-state index contributed by atoms with van der Waals surface area (Å²) in [7, 11) is 0. The molecule has 1 atom stereocenters. The van der Waals surface area contributed by atoms with Gasteiger partial charge >= 0.3 is 0 Å². The Morgan fingerprint density at radius 1 is 1.33 bits per heavy atom. The fourth-order valence-corrected chi connectivity index (χ4v) is 3.45. The summed E-state index contributed by atoms with van der Waals surface area (Å²) >= 11 is 1.63. The van der Waals surface area contributed by atoms with Crippen molar-refractivity contribution in [1.82, 2.24) is 9.88 Å². The Bertz CT molecular complexity index is 699. The molecule has 0 saturated carbocycles. The van der Waals surface area contributed by atoms with E-state index in [-0.39, 0.29) is 17.8 Å². The third kappa shape index (κ3) is 3.73. The molecule has 1 aromatic heterocycles. The minimum absolute atomic E-state index is 0.110. The first-order valence-corrected chi connectivity index (χ1v) is 8.88. The number of aromatic nitrogens is 1. The smallest absolute Gasteiger partial charge is 0.241 e. The van der Waals surface area contributed by atoms with E-state index in [9.17, 15) is 9.18 Å². The van der Waals surface area contributed by atoms with Crippen molar-refractivity contribution >= 4 is 28.1 Å². The van der Waals surface area contributed by atoms with Crippen LogP contribution in [-0.2, 0) is 4.79 Å². The van der Waals surface area contributed by atoms with Crippen LogP contribution in [-0.4, -0.2) is 48.0 Å². The van der Waals surface area contributed by atoms with E-state index >= 15 is 0 Å². The van der Waals surface area contributed by atoms with Crippen molar-refractivity contribution in [2.75, 3.05) is 36.4 Å². The molecule has 1 saturated heterocycles. The van der Waals surface area contributed by atoms with Crippen LogP contribution in [0.25, 0.3) is 0 Å². The molecule has 0 bridgehead atoms. The molecule has 2 aromatic rings. The van der Waals surface area contributed by atoms with Gasteiger partial charge in [0.05, 0.1) is 6.04 Å². The van der Waals surface area contributed by atoms with E-state index in [1.807, 2.05) is 18.5 Å². The molecule has 7 heteroatoms. The largest absolute Gasteiger partial charge is 0.346 e. The summed E-state index contributed by atoms with van der Waals surface area (Å²) < 4.78 is 13.6. The summed E-state index contributed by atoms with van der Waals surface area (Å²) in [5, 5.41) is 5.80. The van der Waals surface area contributed by atoms with E-state index < -0.39 is 0 Å². The molecule has 3 rings (SSSR count). The topological polar surface area (TPSA) is 48.5 Å². The van der Waals surface area contributed by atoms with Crippen molar-refractivity contribution in [2.24, 2.45) is 0 Å². The van der Waals surface area contributed by atoms with Crippen molar-refractivity contribution in [3.8, 4) is 0 Å². The number of nitrogens with zero attached hydrogens (tertiary/aromatic N) is 3. The lowest BCUT2D eigenvalue weighted by molar-refractivity contribution is -0.120. The number of halogens is 1. The van der Waals surface area contributed by atoms with E-state index in [1.54, 1.807) is 30.4 Å². The maximum Gasteiger partial charge on any atom is 0.241 e. The van der Waals surface area contributed by atoms with Gasteiger partial charge in [0.15, 0.2) is 5.13 Å². The zero-order chi connectivity index (χ0) is 17.1. The van der Waals surface area contributed by atoms with Crippen LogP contribution in [0.3, 0.4) is 0 Å². The number of piperazine rings is 1. The third-order valence-electron chi connectivity index (χ3n) is 4.37. The first kappa shape index (κ1) is 16.9. The van der Waals surface area contributed by atoms with Crippen molar-refractivity contribution in [1.29, 1.82) is 0 Å². The number of carbonyl (C=O) groups excluding carboxylic acids is 1. The van der Waals surface area contributed by atoms with Crippen LogP contribution < -0.4 is 10.2 Å². The second kappa shape index (κ2) is 7.27. The van der Waals surface area contributed by atoms with Gasteiger partial charge in [-0.1, -0.05) is 6.07 Å². The Hall–Kier alpha value is -1.99. The highest BCUT2D eigenvalue weighted by Gasteiger charge is 2.26. The van der Waals surface area contributed by atoms with Gasteiger partial charge in [-0.05, 0) is 31.5 Å². The van der Waals surface area contributed by atoms with Gasteiger partial charge in [0.1, 0.15) is 5.82 Å². The van der Waals surface area contributed by atoms with Crippen molar-refractivity contribution < 1.29 is 9.18 Å². The average Bonchev–Trinajstić information content (AvgIpc) is 3.12. The van der Waals surface area contributed by atoms with E-state index in [0.29, 0.717) is 11.3 Å². The highest BCUT2D eigenvalue weighted by atomic mass is 32.1. The van der Waals surface area contributed by atoms with Gasteiger partial charge in [0.2, 0.25) is 5.91 Å². The predicted octanol–water partition coefficient (Wildman–Crippen LogP) is 2.74. The Labute approximate surface area is 145 Å². The maximum absolute atomic E-state index is 13.6. The van der Waals surface area contributed by atoms with Crippen LogP contribution in [0.4, 0.5) is 15.2 Å². The molecule has 5 nitrogen and oxygen atoms in total. The molecular formula is C17H21FN4OS. The van der Waals surface area contributed by atoms with Crippen LogP contribution >= 0.6 is 11.3 Å². The zero-order valence-electron chi connectivity index (χ0n) is 13.8. The number of anilines is 2. The number of carbonyl (C=O) groups is 1. The lowest BCUT2D eigenvalue weighted by Crippen LogP contribution is -2.52. The summed E-state index contributed by atoms with van der Waals surface area (Å²) in [5.41, 5.74) is 1.07. The average molecular weight is 348 g/mol. The quantitative estimate of drug-likeness (QED) is 0.923. The minimum Gasteiger partial charge on any atom is -0.346 e. The second-order valence-corrected chi connectivity index (χ2v) is 6.84. The minimum atomic E-state index is -0.308. The van der Waals surface area contributed by atoms with Gasteiger partial charge < -0.3 is 10.2 Å². The second-order valence-electron chi connectivity index (χ2n) is 5.97. The molecule has 0 aliphatic carbocycles. The number of benzene rings is 1. The first-order chi connectivity index (χ1) is 11.5. The van der Waals surface area contributed by atoms with Crippen LogP contribution in [0.5, 0.6) is 0 Å². The van der Waals surface area contributed by atoms with Crippen LogP contribution in [0, 0.1) is 12.7 Å². The summed E-state index contributed by atoms with van der Waals surface area (Å²) in [6.07, 6.45) is 1.81. The molecule has 1 fully saturated rings. The standard InChI is InChI=1S/C17H21FN4OS/c1-12-3-4-14(11-15(12)18)20-16(23)13(2)21-6-8-22(9-7-21)17-19-5-10-24-17/h3-5,10-11,13H,6-9H2,1-2H3,(H,20,23). The molecule has 24 heavy (non-hydrogen) atoms. The SMILES string of the molecule is Cc1ccc(NC(=O)C(C)N2CCN(c3nccs3)CC2)cc1F. The maximum atomic E-state index is 13.6. The molecule has 1 aliphatic rings. The highest BCUT2D eigenvalue weighted by molar-refractivity contribution is 7.13. The molecule has 1 aromatic carbocycles. The number of hydrogen-bond donors (Lipinski definition) is 1. The van der Waals surface area contributed by atoms with Gasteiger partial charge in [0, 0.05) is 43.4 Å². The molecule has 1 N–H and O–H groups in total. The summed E-state index contributed by atoms with van der Waals surface area (Å²) in [4.78, 5) is 21.1. The van der Waals surface area contributed by atoms with Gasteiger partial charge in [-0.15, -0.1) is 11.3 Å². The van der Waals surface area contributed by atoms with Gasteiger partial charge in [0.25, 0.3) is 0 Å². The molecule has 0 radical (unpaired) electrons. The summed E-state index contributed by atoms with van der Waals surface area (Å²) in [6.45, 7) is 6.89. The number of thiazole rings is 1. The first-order valence-electron chi connectivity index (χ1n) is 8.00. The van der Waals surface area contributed by atoms with Gasteiger partial charge in [-0.25, -0.2) is 9.37 Å². The van der Waals surface area contributed by atoms with Crippen molar-refractivity contribution in [3.63, 3.8) is 0 Å². The van der Waals surface area contributed by atoms with Crippen molar-refractivity contribution in [3.05, 3.63) is 41.2 Å². The molecule has 1 unspecified atom stereocenters. The summed E-state index contributed by atoms with van der Waals surface area (Å²) in [5.74, 6) is -0.418. The Morgan fingerprint density at radius 2 is 2.08 bits per heavy atom. The molecule has 2 heterocycles. The van der Waals surface area contributed by atoms with E-state index in [2.05, 4.69) is 20.1 Å². The highest BCUT2D eigenvalue weighted by Crippen LogP contribution is 2.20. The third-order valence-corrected chi connectivity index (χ3v) is 5.20. The zero-order valence-corrected chi connectivity index (χ0v) is 14.6. The van der Waals surface area contributed by atoms with Gasteiger partial charge in [-0.2, -0.15) is 0 Å². The molecule has 128 valence electrons. The predicted molar refractivity (Wildman–Crippen MR) is 95.1 cm³/mol. The number of rotatable bonds is 4. The summed E-state index contributed by atoms with van der Waals surface area (Å²) in [6, 6.07) is 4.50. The van der Waals surface area contributed by atoms with Crippen LogP contribution in [0.15, 0.2) is 29.8 Å². The number of hydrogen-bond acceptors (Lipinski definition) is 5. The van der Waals surface area contributed by atoms with E-state index in [1.165, 1.54) is 6.07 Å².